The Balaban J connectivity index is 0.000000701. The predicted octanol–water partition coefficient (Wildman–Crippen LogP) is 3.66. The molecule has 0 saturated carbocycles. The second-order valence-corrected chi connectivity index (χ2v) is 5.21. The quantitative estimate of drug-likeness (QED) is 0.762. The van der Waals surface area contributed by atoms with Gasteiger partial charge in [0.05, 0.1) is 24.0 Å². The number of primary amides is 1. The van der Waals surface area contributed by atoms with Crippen LogP contribution in [-0.4, -0.2) is 32.3 Å². The SMILES string of the molecule is COC.COc1ccc2nc(-c3ccccc3)c(NC(N)=O)cc2c1. The van der Waals surface area contributed by atoms with E-state index in [0.717, 1.165) is 22.2 Å². The minimum absolute atomic E-state index is 0.569. The van der Waals surface area contributed by atoms with Gasteiger partial charge in [-0.25, -0.2) is 9.78 Å². The zero-order chi connectivity index (χ0) is 18.2. The minimum atomic E-state index is -0.624. The number of fused-ring (bicyclic) bond motifs is 1. The number of hydrogen-bond acceptors (Lipinski definition) is 4. The minimum Gasteiger partial charge on any atom is -0.497 e. The second kappa shape index (κ2) is 8.65. The molecule has 6 heteroatoms. The summed E-state index contributed by atoms with van der Waals surface area (Å²) in [6, 6.07) is 16.5. The van der Waals surface area contributed by atoms with Crippen LogP contribution in [0.3, 0.4) is 0 Å². The zero-order valence-electron chi connectivity index (χ0n) is 14.4. The summed E-state index contributed by atoms with van der Waals surface area (Å²) < 4.78 is 9.47. The summed E-state index contributed by atoms with van der Waals surface area (Å²) in [7, 11) is 4.86. The molecule has 25 heavy (non-hydrogen) atoms. The number of nitrogens with two attached hydrogens (primary N) is 1. The highest BCUT2D eigenvalue weighted by molar-refractivity contribution is 5.97. The molecule has 3 rings (SSSR count). The standard InChI is InChI=1S/C17H15N3O2.C2H6O/c1-22-13-7-8-14-12(9-13)10-15(20-17(18)21)16(19-14)11-5-3-2-4-6-11;1-3-2/h2-10H,1H3,(H3,18,20,21);1-2H3. The fourth-order valence-corrected chi connectivity index (χ4v) is 2.33. The van der Waals surface area contributed by atoms with Crippen LogP contribution in [0, 0.1) is 0 Å². The molecule has 0 aliphatic heterocycles. The number of benzene rings is 2. The summed E-state index contributed by atoms with van der Waals surface area (Å²) in [5.74, 6) is 0.729. The average molecular weight is 339 g/mol. The first-order valence-electron chi connectivity index (χ1n) is 7.59. The number of urea groups is 1. The van der Waals surface area contributed by atoms with Crippen LogP contribution in [-0.2, 0) is 4.74 Å². The van der Waals surface area contributed by atoms with E-state index in [9.17, 15) is 4.79 Å². The average Bonchev–Trinajstić information content (AvgIpc) is 2.61. The Kier molecular flexibility index (Phi) is 6.31. The third-order valence-electron chi connectivity index (χ3n) is 3.33. The van der Waals surface area contributed by atoms with Gasteiger partial charge in [0.25, 0.3) is 0 Å². The van der Waals surface area contributed by atoms with E-state index in [1.54, 1.807) is 21.3 Å². The Hall–Kier alpha value is -3.12. The van der Waals surface area contributed by atoms with Crippen LogP contribution in [0.2, 0.25) is 0 Å². The number of carbonyl (C=O) groups excluding carboxylic acids is 1. The molecule has 0 saturated heterocycles. The smallest absolute Gasteiger partial charge is 0.316 e. The van der Waals surface area contributed by atoms with Gasteiger partial charge in [0.15, 0.2) is 0 Å². The van der Waals surface area contributed by atoms with E-state index >= 15 is 0 Å². The second-order valence-electron chi connectivity index (χ2n) is 5.21. The number of aromatic nitrogens is 1. The number of pyridine rings is 1. The molecule has 1 aromatic heterocycles. The molecule has 2 amide bonds. The monoisotopic (exact) mass is 339 g/mol. The number of nitrogens with one attached hydrogen (secondary N) is 1. The van der Waals surface area contributed by atoms with Gasteiger partial charge in [0.1, 0.15) is 5.75 Å². The van der Waals surface area contributed by atoms with Crippen molar-refractivity contribution in [2.75, 3.05) is 26.6 Å². The first-order valence-corrected chi connectivity index (χ1v) is 7.59. The Morgan fingerprint density at radius 1 is 1.04 bits per heavy atom. The van der Waals surface area contributed by atoms with Gasteiger partial charge in [-0.1, -0.05) is 30.3 Å². The maximum Gasteiger partial charge on any atom is 0.316 e. The van der Waals surface area contributed by atoms with E-state index in [1.165, 1.54) is 0 Å². The van der Waals surface area contributed by atoms with Crippen molar-refractivity contribution in [3.8, 4) is 17.0 Å². The fraction of sp³-hybridized carbons (Fsp3) is 0.158. The van der Waals surface area contributed by atoms with Crippen molar-refractivity contribution in [2.45, 2.75) is 0 Å². The van der Waals surface area contributed by atoms with Gasteiger partial charge < -0.3 is 20.5 Å². The number of anilines is 1. The molecule has 0 atom stereocenters. The Labute approximate surface area is 146 Å². The van der Waals surface area contributed by atoms with Gasteiger partial charge in [-0.3, -0.25) is 0 Å². The molecule has 0 bridgehead atoms. The van der Waals surface area contributed by atoms with E-state index in [0.29, 0.717) is 11.4 Å². The third-order valence-corrected chi connectivity index (χ3v) is 3.33. The van der Waals surface area contributed by atoms with E-state index in [2.05, 4.69) is 15.0 Å². The van der Waals surface area contributed by atoms with Crippen LogP contribution < -0.4 is 15.8 Å². The van der Waals surface area contributed by atoms with Crippen LogP contribution in [0.5, 0.6) is 5.75 Å². The lowest BCUT2D eigenvalue weighted by Crippen LogP contribution is -2.20. The molecule has 1 heterocycles. The molecule has 3 N–H and O–H groups in total. The number of hydrogen-bond donors (Lipinski definition) is 2. The van der Waals surface area contributed by atoms with Gasteiger partial charge >= 0.3 is 6.03 Å². The van der Waals surface area contributed by atoms with Gasteiger partial charge in [0, 0.05) is 25.2 Å². The molecule has 0 unspecified atom stereocenters. The number of rotatable bonds is 3. The largest absolute Gasteiger partial charge is 0.497 e. The summed E-state index contributed by atoms with van der Waals surface area (Å²) in [5, 5.41) is 3.50. The molecular formula is C19H21N3O3. The van der Waals surface area contributed by atoms with Gasteiger partial charge in [-0.15, -0.1) is 0 Å². The maximum absolute atomic E-state index is 11.3. The highest BCUT2D eigenvalue weighted by Gasteiger charge is 2.11. The lowest BCUT2D eigenvalue weighted by Gasteiger charge is -2.11. The van der Waals surface area contributed by atoms with E-state index in [1.807, 2.05) is 54.6 Å². The fourth-order valence-electron chi connectivity index (χ4n) is 2.33. The lowest BCUT2D eigenvalue weighted by molar-refractivity contribution is 0.259. The number of carbonyl (C=O) groups is 1. The molecule has 0 aliphatic carbocycles. The first kappa shape index (κ1) is 18.2. The number of ether oxygens (including phenoxy) is 2. The van der Waals surface area contributed by atoms with Crippen molar-refractivity contribution < 1.29 is 14.3 Å². The molecule has 3 aromatic rings. The molecular weight excluding hydrogens is 318 g/mol. The molecule has 6 nitrogen and oxygen atoms in total. The van der Waals surface area contributed by atoms with Gasteiger partial charge in [-0.05, 0) is 24.3 Å². The molecule has 130 valence electrons. The van der Waals surface area contributed by atoms with Gasteiger partial charge in [0.2, 0.25) is 0 Å². The lowest BCUT2D eigenvalue weighted by atomic mass is 10.1. The van der Waals surface area contributed by atoms with Crippen LogP contribution in [0.4, 0.5) is 10.5 Å². The molecule has 0 radical (unpaired) electrons. The topological polar surface area (TPSA) is 86.5 Å². The molecule has 0 aliphatic rings. The Morgan fingerprint density at radius 3 is 2.32 bits per heavy atom. The number of methoxy groups -OCH3 is 2. The van der Waals surface area contributed by atoms with Crippen molar-refractivity contribution in [3.63, 3.8) is 0 Å². The van der Waals surface area contributed by atoms with Crippen molar-refractivity contribution in [1.82, 2.24) is 4.98 Å². The van der Waals surface area contributed by atoms with E-state index in [4.69, 9.17) is 10.5 Å². The summed E-state index contributed by atoms with van der Waals surface area (Å²) in [6.07, 6.45) is 0. The van der Waals surface area contributed by atoms with E-state index < -0.39 is 6.03 Å². The molecule has 2 aromatic carbocycles. The first-order chi connectivity index (χ1) is 12.1. The van der Waals surface area contributed by atoms with Crippen LogP contribution >= 0.6 is 0 Å². The van der Waals surface area contributed by atoms with Crippen molar-refractivity contribution in [1.29, 1.82) is 0 Å². The van der Waals surface area contributed by atoms with Crippen molar-refractivity contribution >= 4 is 22.6 Å². The Morgan fingerprint density at radius 2 is 1.72 bits per heavy atom. The van der Waals surface area contributed by atoms with Gasteiger partial charge in [-0.2, -0.15) is 0 Å². The predicted molar refractivity (Wildman–Crippen MR) is 99.9 cm³/mol. The normalized spacial score (nSPS) is 9.88. The molecule has 0 fully saturated rings. The summed E-state index contributed by atoms with van der Waals surface area (Å²) in [5.41, 5.74) is 8.24. The number of amides is 2. The highest BCUT2D eigenvalue weighted by atomic mass is 16.5. The van der Waals surface area contributed by atoms with Crippen LogP contribution in [0.1, 0.15) is 0 Å². The summed E-state index contributed by atoms with van der Waals surface area (Å²) in [6.45, 7) is 0. The van der Waals surface area contributed by atoms with Crippen molar-refractivity contribution in [3.05, 3.63) is 54.6 Å². The summed E-state index contributed by atoms with van der Waals surface area (Å²) in [4.78, 5) is 15.9. The maximum atomic E-state index is 11.3. The highest BCUT2D eigenvalue weighted by Crippen LogP contribution is 2.31. The van der Waals surface area contributed by atoms with Crippen LogP contribution in [0.15, 0.2) is 54.6 Å². The van der Waals surface area contributed by atoms with Crippen molar-refractivity contribution in [2.24, 2.45) is 5.73 Å². The van der Waals surface area contributed by atoms with E-state index in [-0.39, 0.29) is 0 Å². The Bertz CT molecular complexity index is 851. The molecule has 0 spiro atoms. The van der Waals surface area contributed by atoms with Crippen LogP contribution in [0.25, 0.3) is 22.2 Å². The number of nitrogens with zero attached hydrogens (tertiary/aromatic N) is 1. The summed E-state index contributed by atoms with van der Waals surface area (Å²) >= 11 is 0. The zero-order valence-corrected chi connectivity index (χ0v) is 14.4. The third kappa shape index (κ3) is 4.68.